The number of benzene rings is 1. The zero-order valence-corrected chi connectivity index (χ0v) is 7.93. The molecule has 3 N–H and O–H groups in total. The third-order valence-electron chi connectivity index (χ3n) is 1.77. The number of rotatable bonds is 1. The Labute approximate surface area is 78.1 Å². The first kappa shape index (κ1) is 7.61. The molecule has 0 radical (unpaired) electrons. The maximum Gasteiger partial charge on any atom is 0.111 e. The predicted molar refractivity (Wildman–Crippen MR) is 53.1 cm³/mol. The summed E-state index contributed by atoms with van der Waals surface area (Å²) in [6.07, 6.45) is 1.65. The van der Waals surface area contributed by atoms with Crippen molar-refractivity contribution in [3.05, 3.63) is 24.0 Å². The van der Waals surface area contributed by atoms with Crippen LogP contribution in [-0.4, -0.2) is 9.97 Å². The van der Waals surface area contributed by atoms with Gasteiger partial charge in [0.05, 0.1) is 17.5 Å². The number of nitrogen functional groups attached to an aromatic ring is 1. The second kappa shape index (κ2) is 2.79. The number of hydrogen-bond donors (Lipinski definition) is 2. The van der Waals surface area contributed by atoms with E-state index in [0.717, 1.165) is 27.6 Å². The molecule has 2 rings (SSSR count). The van der Waals surface area contributed by atoms with Gasteiger partial charge in [0, 0.05) is 5.33 Å². The lowest BCUT2D eigenvalue weighted by atomic mass is 10.2. The third-order valence-corrected chi connectivity index (χ3v) is 2.41. The Kier molecular flexibility index (Phi) is 1.77. The summed E-state index contributed by atoms with van der Waals surface area (Å²) in [4.78, 5) is 7.12. The minimum absolute atomic E-state index is 0.725. The Bertz CT molecular complexity index is 408. The van der Waals surface area contributed by atoms with Crippen LogP contribution in [0.5, 0.6) is 0 Å². The van der Waals surface area contributed by atoms with Crippen LogP contribution in [-0.2, 0) is 5.33 Å². The number of nitrogens with two attached hydrogens (primary N) is 1. The number of nitrogens with zero attached hydrogens (tertiary/aromatic N) is 1. The summed E-state index contributed by atoms with van der Waals surface area (Å²) < 4.78 is 0. The number of nitrogens with one attached hydrogen (secondary N) is 1. The molecule has 0 aliphatic carbocycles. The van der Waals surface area contributed by atoms with E-state index in [1.165, 1.54) is 0 Å². The van der Waals surface area contributed by atoms with E-state index < -0.39 is 0 Å². The molecule has 0 bridgehead atoms. The topological polar surface area (TPSA) is 54.7 Å². The highest BCUT2D eigenvalue weighted by molar-refractivity contribution is 9.08. The molecule has 0 aliphatic rings. The largest absolute Gasteiger partial charge is 0.397 e. The van der Waals surface area contributed by atoms with Crippen molar-refractivity contribution in [2.45, 2.75) is 5.33 Å². The summed E-state index contributed by atoms with van der Waals surface area (Å²) in [5.74, 6) is 0. The minimum Gasteiger partial charge on any atom is -0.397 e. The van der Waals surface area contributed by atoms with Crippen LogP contribution in [0.3, 0.4) is 0 Å². The van der Waals surface area contributed by atoms with E-state index in [-0.39, 0.29) is 0 Å². The number of H-pyrrole nitrogens is 1. The first-order valence-electron chi connectivity index (χ1n) is 3.58. The second-order valence-corrected chi connectivity index (χ2v) is 3.18. The number of hydrogen-bond acceptors (Lipinski definition) is 2. The third kappa shape index (κ3) is 1.08. The molecule has 0 atom stereocenters. The van der Waals surface area contributed by atoms with Gasteiger partial charge in [0.15, 0.2) is 0 Å². The number of aromatic amines is 1. The SMILES string of the molecule is Nc1cc(CBr)cc2[nH]cnc12. The summed E-state index contributed by atoms with van der Waals surface area (Å²) in [7, 11) is 0. The van der Waals surface area contributed by atoms with E-state index in [1.54, 1.807) is 6.33 Å². The van der Waals surface area contributed by atoms with Gasteiger partial charge < -0.3 is 10.7 Å². The summed E-state index contributed by atoms with van der Waals surface area (Å²) in [6, 6.07) is 3.96. The van der Waals surface area contributed by atoms with Gasteiger partial charge in [0.25, 0.3) is 0 Å². The quantitative estimate of drug-likeness (QED) is 0.577. The molecule has 1 aromatic heterocycles. The average molecular weight is 226 g/mol. The number of imidazole rings is 1. The van der Waals surface area contributed by atoms with Crippen LogP contribution in [0, 0.1) is 0 Å². The first-order valence-corrected chi connectivity index (χ1v) is 4.71. The Morgan fingerprint density at radius 3 is 3.08 bits per heavy atom. The molecule has 0 saturated heterocycles. The lowest BCUT2D eigenvalue weighted by Crippen LogP contribution is -1.88. The summed E-state index contributed by atoms with van der Waals surface area (Å²) >= 11 is 3.38. The maximum atomic E-state index is 5.77. The average Bonchev–Trinajstić information content (AvgIpc) is 2.52. The van der Waals surface area contributed by atoms with Crippen molar-refractivity contribution in [3.8, 4) is 0 Å². The van der Waals surface area contributed by atoms with Crippen molar-refractivity contribution in [1.82, 2.24) is 9.97 Å². The Morgan fingerprint density at radius 1 is 1.50 bits per heavy atom. The van der Waals surface area contributed by atoms with Crippen molar-refractivity contribution < 1.29 is 0 Å². The molecule has 3 nitrogen and oxygen atoms in total. The molecule has 0 fully saturated rings. The fourth-order valence-electron chi connectivity index (χ4n) is 1.22. The number of anilines is 1. The second-order valence-electron chi connectivity index (χ2n) is 2.62. The summed E-state index contributed by atoms with van der Waals surface area (Å²) in [6.45, 7) is 0. The number of halogens is 1. The molecule has 1 aromatic carbocycles. The van der Waals surface area contributed by atoms with Gasteiger partial charge in [0.1, 0.15) is 5.52 Å². The Hall–Kier alpha value is -1.03. The fraction of sp³-hybridized carbons (Fsp3) is 0.125. The van der Waals surface area contributed by atoms with Crippen LogP contribution < -0.4 is 5.73 Å². The van der Waals surface area contributed by atoms with Gasteiger partial charge in [-0.05, 0) is 17.7 Å². The van der Waals surface area contributed by atoms with Gasteiger partial charge in [0.2, 0.25) is 0 Å². The normalized spacial score (nSPS) is 10.8. The summed E-state index contributed by atoms with van der Waals surface area (Å²) in [5, 5.41) is 0.812. The number of aromatic nitrogens is 2. The van der Waals surface area contributed by atoms with Crippen LogP contribution in [0.15, 0.2) is 18.5 Å². The zero-order valence-electron chi connectivity index (χ0n) is 6.34. The molecule has 0 unspecified atom stereocenters. The molecule has 4 heteroatoms. The van der Waals surface area contributed by atoms with Crippen molar-refractivity contribution in [3.63, 3.8) is 0 Å². The smallest absolute Gasteiger partial charge is 0.111 e. The van der Waals surface area contributed by atoms with E-state index in [9.17, 15) is 0 Å². The van der Waals surface area contributed by atoms with Crippen molar-refractivity contribution in [1.29, 1.82) is 0 Å². The summed E-state index contributed by atoms with van der Waals surface area (Å²) in [5.41, 5.74) is 9.49. The van der Waals surface area contributed by atoms with Crippen LogP contribution in [0.2, 0.25) is 0 Å². The van der Waals surface area contributed by atoms with Gasteiger partial charge in [-0.2, -0.15) is 0 Å². The van der Waals surface area contributed by atoms with Gasteiger partial charge in [-0.1, -0.05) is 15.9 Å². The van der Waals surface area contributed by atoms with Crippen molar-refractivity contribution in [2.24, 2.45) is 0 Å². The fourth-order valence-corrected chi connectivity index (χ4v) is 1.54. The molecule has 62 valence electrons. The molecule has 0 saturated carbocycles. The van der Waals surface area contributed by atoms with E-state index in [1.807, 2.05) is 12.1 Å². The van der Waals surface area contributed by atoms with E-state index >= 15 is 0 Å². The van der Waals surface area contributed by atoms with Crippen LogP contribution in [0.1, 0.15) is 5.56 Å². The van der Waals surface area contributed by atoms with Crippen LogP contribution in [0.4, 0.5) is 5.69 Å². The molecular weight excluding hydrogens is 218 g/mol. The lowest BCUT2D eigenvalue weighted by Gasteiger charge is -1.98. The number of alkyl halides is 1. The predicted octanol–water partition coefficient (Wildman–Crippen LogP) is 2.04. The van der Waals surface area contributed by atoms with Crippen molar-refractivity contribution in [2.75, 3.05) is 5.73 Å². The van der Waals surface area contributed by atoms with Crippen molar-refractivity contribution >= 4 is 32.7 Å². The minimum atomic E-state index is 0.725. The molecule has 12 heavy (non-hydrogen) atoms. The maximum absolute atomic E-state index is 5.77. The molecule has 0 spiro atoms. The van der Waals surface area contributed by atoms with E-state index in [4.69, 9.17) is 5.73 Å². The molecule has 1 heterocycles. The molecular formula is C8H8BrN3. The molecule has 0 amide bonds. The first-order chi connectivity index (χ1) is 5.81. The Morgan fingerprint density at radius 2 is 2.33 bits per heavy atom. The van der Waals surface area contributed by atoms with Gasteiger partial charge in [-0.3, -0.25) is 0 Å². The zero-order chi connectivity index (χ0) is 8.55. The van der Waals surface area contributed by atoms with Crippen LogP contribution in [0.25, 0.3) is 11.0 Å². The highest BCUT2D eigenvalue weighted by Crippen LogP contribution is 2.20. The molecule has 2 aromatic rings. The van der Waals surface area contributed by atoms with Gasteiger partial charge in [-0.25, -0.2) is 4.98 Å². The highest BCUT2D eigenvalue weighted by atomic mass is 79.9. The highest BCUT2D eigenvalue weighted by Gasteiger charge is 2.01. The van der Waals surface area contributed by atoms with Gasteiger partial charge in [-0.15, -0.1) is 0 Å². The lowest BCUT2D eigenvalue weighted by molar-refractivity contribution is 1.34. The van der Waals surface area contributed by atoms with E-state index in [0.29, 0.717) is 0 Å². The Balaban J connectivity index is 2.75. The standard InChI is InChI=1S/C8H8BrN3/c9-3-5-1-6(10)8-7(2-5)11-4-12-8/h1-2,4H,3,10H2,(H,11,12). The van der Waals surface area contributed by atoms with Crippen LogP contribution >= 0.6 is 15.9 Å². The van der Waals surface area contributed by atoms with Gasteiger partial charge >= 0.3 is 0 Å². The molecule has 0 aliphatic heterocycles. The number of fused-ring (bicyclic) bond motifs is 1. The monoisotopic (exact) mass is 225 g/mol. The van der Waals surface area contributed by atoms with E-state index in [2.05, 4.69) is 25.9 Å².